The predicted molar refractivity (Wildman–Crippen MR) is 82.8 cm³/mol. The molecule has 0 unspecified atom stereocenters. The van der Waals surface area contributed by atoms with Crippen LogP contribution in [0.3, 0.4) is 0 Å². The van der Waals surface area contributed by atoms with Crippen molar-refractivity contribution in [3.8, 4) is 0 Å². The van der Waals surface area contributed by atoms with E-state index < -0.39 is 0 Å². The van der Waals surface area contributed by atoms with E-state index in [0.29, 0.717) is 25.2 Å². The standard InChI is InChI=1S/C13H24N2O2.C2H7N/c1-12(2)11-14-6-8-15(9-7-14)13(17)5-3-4-10-16;1-3-2/h10,12H,3-9,11H2,1-2H3;3H,1-2H3. The molecule has 0 bridgehead atoms. The highest BCUT2D eigenvalue weighted by Crippen LogP contribution is 2.07. The summed E-state index contributed by atoms with van der Waals surface area (Å²) in [6, 6.07) is 0. The average Bonchev–Trinajstić information content (AvgIpc) is 2.40. The van der Waals surface area contributed by atoms with Gasteiger partial charge in [0.05, 0.1) is 0 Å². The highest BCUT2D eigenvalue weighted by Gasteiger charge is 2.20. The van der Waals surface area contributed by atoms with E-state index in [1.165, 1.54) is 0 Å². The molecule has 0 aliphatic carbocycles. The number of hydrogen-bond acceptors (Lipinski definition) is 4. The molecule has 20 heavy (non-hydrogen) atoms. The second-order valence-electron chi connectivity index (χ2n) is 5.63. The van der Waals surface area contributed by atoms with Crippen molar-refractivity contribution in [3.05, 3.63) is 0 Å². The SMILES string of the molecule is CC(C)CN1CCN(C(=O)CCCC=O)CC1.CNC. The molecular weight excluding hydrogens is 254 g/mol. The Hall–Kier alpha value is -0.940. The van der Waals surface area contributed by atoms with Crippen LogP contribution in [0.5, 0.6) is 0 Å². The molecule has 1 heterocycles. The highest BCUT2D eigenvalue weighted by atomic mass is 16.2. The Kier molecular flexibility index (Phi) is 11.3. The molecule has 1 aliphatic rings. The van der Waals surface area contributed by atoms with Crippen molar-refractivity contribution in [3.63, 3.8) is 0 Å². The molecule has 0 radical (unpaired) electrons. The molecule has 1 fully saturated rings. The van der Waals surface area contributed by atoms with E-state index in [1.54, 1.807) is 0 Å². The maximum Gasteiger partial charge on any atom is 0.222 e. The summed E-state index contributed by atoms with van der Waals surface area (Å²) in [4.78, 5) is 26.3. The number of aldehydes is 1. The minimum Gasteiger partial charge on any atom is -0.340 e. The van der Waals surface area contributed by atoms with Crippen molar-refractivity contribution in [2.75, 3.05) is 46.8 Å². The van der Waals surface area contributed by atoms with Gasteiger partial charge in [0.2, 0.25) is 5.91 Å². The highest BCUT2D eigenvalue weighted by molar-refractivity contribution is 5.76. The molecule has 118 valence electrons. The lowest BCUT2D eigenvalue weighted by molar-refractivity contribution is -0.133. The first kappa shape index (κ1) is 19.1. The molecule has 0 aromatic rings. The van der Waals surface area contributed by atoms with Gasteiger partial charge in [0, 0.05) is 45.6 Å². The van der Waals surface area contributed by atoms with E-state index in [1.807, 2.05) is 19.0 Å². The molecule has 1 N–H and O–H groups in total. The van der Waals surface area contributed by atoms with E-state index in [2.05, 4.69) is 24.1 Å². The Balaban J connectivity index is 0.00000110. The van der Waals surface area contributed by atoms with Gasteiger partial charge in [-0.3, -0.25) is 9.69 Å². The van der Waals surface area contributed by atoms with Gasteiger partial charge in [-0.2, -0.15) is 0 Å². The molecule has 1 saturated heterocycles. The van der Waals surface area contributed by atoms with Crippen LogP contribution in [-0.4, -0.2) is 68.8 Å². The van der Waals surface area contributed by atoms with Gasteiger partial charge in [-0.25, -0.2) is 0 Å². The van der Waals surface area contributed by atoms with Gasteiger partial charge in [-0.05, 0) is 26.4 Å². The van der Waals surface area contributed by atoms with Crippen LogP contribution in [0, 0.1) is 5.92 Å². The Morgan fingerprint density at radius 2 is 1.75 bits per heavy atom. The molecule has 5 heteroatoms. The van der Waals surface area contributed by atoms with Gasteiger partial charge >= 0.3 is 0 Å². The van der Waals surface area contributed by atoms with Crippen molar-refractivity contribution < 1.29 is 9.59 Å². The fraction of sp³-hybridized carbons (Fsp3) is 0.867. The number of hydrogen-bond donors (Lipinski definition) is 1. The lowest BCUT2D eigenvalue weighted by Crippen LogP contribution is -2.49. The molecule has 1 amide bonds. The number of piperazine rings is 1. The van der Waals surface area contributed by atoms with Gasteiger partial charge in [-0.1, -0.05) is 13.8 Å². The van der Waals surface area contributed by atoms with Crippen molar-refractivity contribution in [1.82, 2.24) is 15.1 Å². The van der Waals surface area contributed by atoms with Crippen LogP contribution >= 0.6 is 0 Å². The molecule has 5 nitrogen and oxygen atoms in total. The fourth-order valence-electron chi connectivity index (χ4n) is 2.19. The quantitative estimate of drug-likeness (QED) is 0.584. The Morgan fingerprint density at radius 1 is 1.20 bits per heavy atom. The van der Waals surface area contributed by atoms with Crippen molar-refractivity contribution in [2.24, 2.45) is 5.92 Å². The molecule has 0 spiro atoms. The molecule has 1 rings (SSSR count). The minimum atomic E-state index is 0.205. The van der Waals surface area contributed by atoms with Crippen LogP contribution in [0.1, 0.15) is 33.1 Å². The predicted octanol–water partition coefficient (Wildman–Crippen LogP) is 0.991. The van der Waals surface area contributed by atoms with Crippen molar-refractivity contribution in [1.29, 1.82) is 0 Å². The summed E-state index contributed by atoms with van der Waals surface area (Å²) in [5.41, 5.74) is 0. The Labute approximate surface area is 123 Å². The summed E-state index contributed by atoms with van der Waals surface area (Å²) < 4.78 is 0. The van der Waals surface area contributed by atoms with Gasteiger partial charge in [-0.15, -0.1) is 0 Å². The number of amides is 1. The summed E-state index contributed by atoms with van der Waals surface area (Å²) in [6.45, 7) is 9.20. The zero-order chi connectivity index (χ0) is 15.4. The third-order valence-corrected chi connectivity index (χ3v) is 3.06. The van der Waals surface area contributed by atoms with Crippen LogP contribution in [-0.2, 0) is 9.59 Å². The van der Waals surface area contributed by atoms with Crippen molar-refractivity contribution >= 4 is 12.2 Å². The molecule has 0 atom stereocenters. The minimum absolute atomic E-state index is 0.205. The van der Waals surface area contributed by atoms with E-state index >= 15 is 0 Å². The number of nitrogens with zero attached hydrogens (tertiary/aromatic N) is 2. The van der Waals surface area contributed by atoms with Crippen LogP contribution in [0.2, 0.25) is 0 Å². The number of nitrogens with one attached hydrogen (secondary N) is 1. The number of carbonyl (C=O) groups excluding carboxylic acids is 2. The average molecular weight is 285 g/mol. The largest absolute Gasteiger partial charge is 0.340 e. The van der Waals surface area contributed by atoms with Gasteiger partial charge < -0.3 is 15.0 Å². The van der Waals surface area contributed by atoms with Crippen LogP contribution in [0.15, 0.2) is 0 Å². The third-order valence-electron chi connectivity index (χ3n) is 3.06. The van der Waals surface area contributed by atoms with Crippen LogP contribution in [0.4, 0.5) is 0 Å². The van der Waals surface area contributed by atoms with Crippen molar-refractivity contribution in [2.45, 2.75) is 33.1 Å². The Bertz CT molecular complexity index is 262. The van der Waals surface area contributed by atoms with Gasteiger partial charge in [0.1, 0.15) is 6.29 Å². The molecule has 0 saturated carbocycles. The molecule has 0 aromatic heterocycles. The summed E-state index contributed by atoms with van der Waals surface area (Å²) in [6.07, 6.45) is 2.59. The Morgan fingerprint density at radius 3 is 2.20 bits per heavy atom. The van der Waals surface area contributed by atoms with Crippen LogP contribution in [0.25, 0.3) is 0 Å². The topological polar surface area (TPSA) is 52.7 Å². The monoisotopic (exact) mass is 285 g/mol. The van der Waals surface area contributed by atoms with E-state index in [9.17, 15) is 9.59 Å². The normalized spacial score (nSPS) is 15.8. The third kappa shape index (κ3) is 9.04. The number of unbranched alkanes of at least 4 members (excludes halogenated alkanes) is 1. The summed E-state index contributed by atoms with van der Waals surface area (Å²) in [7, 11) is 3.75. The molecule has 0 aromatic carbocycles. The maximum atomic E-state index is 11.8. The smallest absolute Gasteiger partial charge is 0.222 e. The van der Waals surface area contributed by atoms with Gasteiger partial charge in [0.15, 0.2) is 0 Å². The molecule has 1 aliphatic heterocycles. The summed E-state index contributed by atoms with van der Waals surface area (Å²) in [5.74, 6) is 0.890. The summed E-state index contributed by atoms with van der Waals surface area (Å²) in [5, 5.41) is 2.75. The van der Waals surface area contributed by atoms with E-state index in [0.717, 1.165) is 39.0 Å². The lowest BCUT2D eigenvalue weighted by atomic mass is 10.1. The first-order chi connectivity index (χ1) is 9.54. The number of carbonyl (C=O) groups is 2. The van der Waals surface area contributed by atoms with Crippen LogP contribution < -0.4 is 5.32 Å². The lowest BCUT2D eigenvalue weighted by Gasteiger charge is -2.35. The zero-order valence-corrected chi connectivity index (χ0v) is 13.5. The van der Waals surface area contributed by atoms with Gasteiger partial charge in [0.25, 0.3) is 0 Å². The van der Waals surface area contributed by atoms with E-state index in [-0.39, 0.29) is 5.91 Å². The maximum absolute atomic E-state index is 11.8. The fourth-order valence-corrected chi connectivity index (χ4v) is 2.19. The summed E-state index contributed by atoms with van der Waals surface area (Å²) >= 11 is 0. The molecular formula is C15H31N3O2. The number of rotatable bonds is 6. The second kappa shape index (κ2) is 11.9. The first-order valence-corrected chi connectivity index (χ1v) is 7.57. The second-order valence-corrected chi connectivity index (χ2v) is 5.63. The zero-order valence-electron chi connectivity index (χ0n) is 13.5. The first-order valence-electron chi connectivity index (χ1n) is 7.57. The van der Waals surface area contributed by atoms with E-state index in [4.69, 9.17) is 0 Å².